The normalized spacial score (nSPS) is 11.1. The summed E-state index contributed by atoms with van der Waals surface area (Å²) < 4.78 is 30.9. The number of halogens is 1. The first-order valence-electron chi connectivity index (χ1n) is 5.48. The topological polar surface area (TPSA) is 92.7 Å². The van der Waals surface area contributed by atoms with Crippen LogP contribution in [0.15, 0.2) is 18.2 Å². The molecule has 1 aromatic rings. The van der Waals surface area contributed by atoms with Crippen molar-refractivity contribution in [1.82, 2.24) is 0 Å². The van der Waals surface area contributed by atoms with Crippen molar-refractivity contribution in [3.63, 3.8) is 0 Å². The molecular weight excluding hydrogens is 294 g/mol. The van der Waals surface area contributed by atoms with Crippen molar-refractivity contribution in [2.24, 2.45) is 0 Å². The number of ether oxygens (including phenoxy) is 1. The Bertz CT molecular complexity index is 558. The van der Waals surface area contributed by atoms with E-state index in [1.54, 1.807) is 19.1 Å². The molecule has 0 saturated heterocycles. The minimum atomic E-state index is -3.76. The average Bonchev–Trinajstić information content (AvgIpc) is 2.30. The second kappa shape index (κ2) is 6.63. The summed E-state index contributed by atoms with van der Waals surface area (Å²) in [6.07, 6.45) is -0.472. The van der Waals surface area contributed by atoms with Crippen LogP contribution in [0.3, 0.4) is 0 Å². The Morgan fingerprint density at radius 1 is 1.47 bits per heavy atom. The highest BCUT2D eigenvalue weighted by molar-refractivity contribution is 7.92. The number of hydrogen-bond acceptors (Lipinski definition) is 4. The third-order valence-electron chi connectivity index (χ3n) is 2.09. The molecule has 2 N–H and O–H groups in total. The summed E-state index contributed by atoms with van der Waals surface area (Å²) in [5.41, 5.74) is 0.194. The number of hydrogen-bond donors (Lipinski definition) is 2. The first kappa shape index (κ1) is 15.6. The van der Waals surface area contributed by atoms with Crippen molar-refractivity contribution in [2.75, 3.05) is 17.1 Å². The molecule has 0 aliphatic heterocycles. The fourth-order valence-corrected chi connectivity index (χ4v) is 2.52. The molecule has 106 valence electrons. The second-order valence-electron chi connectivity index (χ2n) is 3.64. The molecule has 0 unspecified atom stereocenters. The summed E-state index contributed by atoms with van der Waals surface area (Å²) in [7, 11) is -3.76. The fraction of sp³-hybridized carbons (Fsp3) is 0.364. The molecule has 0 bridgehead atoms. The van der Waals surface area contributed by atoms with Crippen molar-refractivity contribution in [3.8, 4) is 5.75 Å². The molecule has 0 heterocycles. The van der Waals surface area contributed by atoms with Crippen molar-refractivity contribution >= 4 is 33.3 Å². The second-order valence-corrected chi connectivity index (χ2v) is 5.92. The molecule has 19 heavy (non-hydrogen) atoms. The summed E-state index contributed by atoms with van der Waals surface area (Å²) in [5.74, 6) is -1.35. The van der Waals surface area contributed by atoms with Crippen LogP contribution >= 0.6 is 11.6 Å². The van der Waals surface area contributed by atoms with Crippen LogP contribution in [0.5, 0.6) is 5.75 Å². The maximum atomic E-state index is 11.7. The molecule has 0 fully saturated rings. The number of rotatable bonds is 7. The Morgan fingerprint density at radius 3 is 2.74 bits per heavy atom. The lowest BCUT2D eigenvalue weighted by Crippen LogP contribution is -2.19. The van der Waals surface area contributed by atoms with E-state index in [1.807, 2.05) is 0 Å². The maximum absolute atomic E-state index is 11.7. The zero-order valence-electron chi connectivity index (χ0n) is 10.2. The van der Waals surface area contributed by atoms with Gasteiger partial charge in [0.15, 0.2) is 0 Å². The highest BCUT2D eigenvalue weighted by Gasteiger charge is 2.15. The van der Waals surface area contributed by atoms with Gasteiger partial charge in [-0.15, -0.1) is 0 Å². The van der Waals surface area contributed by atoms with Crippen molar-refractivity contribution in [1.29, 1.82) is 0 Å². The van der Waals surface area contributed by atoms with Crippen LogP contribution in [0.1, 0.15) is 13.3 Å². The van der Waals surface area contributed by atoms with E-state index in [1.165, 1.54) is 6.07 Å². The summed E-state index contributed by atoms with van der Waals surface area (Å²) >= 11 is 5.79. The van der Waals surface area contributed by atoms with E-state index in [2.05, 4.69) is 4.72 Å². The van der Waals surface area contributed by atoms with Gasteiger partial charge >= 0.3 is 5.97 Å². The lowest BCUT2D eigenvalue weighted by Gasteiger charge is -2.12. The van der Waals surface area contributed by atoms with Crippen LogP contribution in [0.2, 0.25) is 5.02 Å². The highest BCUT2D eigenvalue weighted by Crippen LogP contribution is 2.29. The third-order valence-corrected chi connectivity index (χ3v) is 3.60. The number of anilines is 1. The van der Waals surface area contributed by atoms with Crippen LogP contribution in [-0.4, -0.2) is 31.9 Å². The Morgan fingerprint density at radius 2 is 2.16 bits per heavy atom. The van der Waals surface area contributed by atoms with Gasteiger partial charge in [0.1, 0.15) is 5.75 Å². The predicted molar refractivity (Wildman–Crippen MR) is 72.3 cm³/mol. The van der Waals surface area contributed by atoms with Crippen LogP contribution in [0, 0.1) is 0 Å². The summed E-state index contributed by atoms with van der Waals surface area (Å²) in [6.45, 7) is 2.13. The largest absolute Gasteiger partial charge is 0.492 e. The maximum Gasteiger partial charge on any atom is 0.304 e. The summed E-state index contributed by atoms with van der Waals surface area (Å²) in [5, 5.41) is 8.83. The molecule has 6 nitrogen and oxygen atoms in total. The van der Waals surface area contributed by atoms with Gasteiger partial charge in [0, 0.05) is 5.02 Å². The minimum absolute atomic E-state index is 0.194. The number of nitrogens with one attached hydrogen (secondary N) is 1. The van der Waals surface area contributed by atoms with Crippen molar-refractivity contribution in [3.05, 3.63) is 23.2 Å². The Balaban J connectivity index is 2.91. The summed E-state index contributed by atoms with van der Waals surface area (Å²) in [6, 6.07) is 4.52. The van der Waals surface area contributed by atoms with Gasteiger partial charge in [0.25, 0.3) is 0 Å². The SMILES string of the molecule is CCOc1ccc(Cl)cc1NS(=O)(=O)CCC(=O)O. The highest BCUT2D eigenvalue weighted by atomic mass is 35.5. The van der Waals surface area contributed by atoms with Crippen molar-refractivity contribution in [2.45, 2.75) is 13.3 Å². The Kier molecular flexibility index (Phi) is 5.44. The fourth-order valence-electron chi connectivity index (χ4n) is 1.30. The summed E-state index contributed by atoms with van der Waals surface area (Å²) in [4.78, 5) is 10.4. The van der Waals surface area contributed by atoms with Crippen molar-refractivity contribution < 1.29 is 23.1 Å². The van der Waals surface area contributed by atoms with Gasteiger partial charge in [-0.1, -0.05) is 11.6 Å². The lowest BCUT2D eigenvalue weighted by molar-refractivity contribution is -0.136. The van der Waals surface area contributed by atoms with Crippen LogP contribution in [0.4, 0.5) is 5.69 Å². The molecule has 1 aromatic carbocycles. The number of benzene rings is 1. The molecule has 0 aliphatic carbocycles. The molecule has 1 rings (SSSR count). The molecule has 8 heteroatoms. The Labute approximate surface area is 116 Å². The van der Waals surface area contributed by atoms with Gasteiger partial charge in [-0.3, -0.25) is 9.52 Å². The number of aliphatic carboxylic acids is 1. The first-order valence-corrected chi connectivity index (χ1v) is 7.51. The van der Waals surface area contributed by atoms with E-state index in [-0.39, 0.29) is 5.69 Å². The molecule has 0 radical (unpaired) electrons. The zero-order chi connectivity index (χ0) is 14.5. The van der Waals surface area contributed by atoms with E-state index < -0.39 is 28.2 Å². The standard InChI is InChI=1S/C11H14ClNO5S/c1-2-18-10-4-3-8(12)7-9(10)13-19(16,17)6-5-11(14)15/h3-4,7,13H,2,5-6H2,1H3,(H,14,15). The van der Waals surface area contributed by atoms with E-state index in [4.69, 9.17) is 21.4 Å². The van der Waals surface area contributed by atoms with Gasteiger partial charge < -0.3 is 9.84 Å². The van der Waals surface area contributed by atoms with Gasteiger partial charge in [-0.2, -0.15) is 0 Å². The minimum Gasteiger partial charge on any atom is -0.492 e. The molecule has 0 aromatic heterocycles. The molecule has 0 saturated carbocycles. The first-order chi connectivity index (χ1) is 8.84. The molecular formula is C11H14ClNO5S. The van der Waals surface area contributed by atoms with Crippen LogP contribution in [0.25, 0.3) is 0 Å². The Hall–Kier alpha value is -1.47. The number of carboxylic acids is 1. The van der Waals surface area contributed by atoms with Gasteiger partial charge in [-0.25, -0.2) is 8.42 Å². The lowest BCUT2D eigenvalue weighted by atomic mass is 10.3. The molecule has 0 aliphatic rings. The monoisotopic (exact) mass is 307 g/mol. The molecule has 0 spiro atoms. The van der Waals surface area contributed by atoms with E-state index in [9.17, 15) is 13.2 Å². The van der Waals surface area contributed by atoms with E-state index in [0.717, 1.165) is 0 Å². The van der Waals surface area contributed by atoms with E-state index in [0.29, 0.717) is 17.4 Å². The quantitative estimate of drug-likeness (QED) is 0.803. The van der Waals surface area contributed by atoms with Gasteiger partial charge in [-0.05, 0) is 25.1 Å². The third kappa shape index (κ3) is 5.35. The van der Waals surface area contributed by atoms with Crippen LogP contribution < -0.4 is 9.46 Å². The van der Waals surface area contributed by atoms with Gasteiger partial charge in [0.2, 0.25) is 10.0 Å². The predicted octanol–water partition coefficient (Wildman–Crippen LogP) is 1.96. The number of carboxylic acid groups (broad SMARTS) is 1. The number of carbonyl (C=O) groups is 1. The molecule has 0 atom stereocenters. The smallest absolute Gasteiger partial charge is 0.304 e. The zero-order valence-corrected chi connectivity index (χ0v) is 11.8. The molecule has 0 amide bonds. The van der Waals surface area contributed by atoms with Gasteiger partial charge in [0.05, 0.1) is 24.5 Å². The van der Waals surface area contributed by atoms with Crippen LogP contribution in [-0.2, 0) is 14.8 Å². The number of sulfonamides is 1. The van der Waals surface area contributed by atoms with E-state index >= 15 is 0 Å². The average molecular weight is 308 g/mol.